The minimum absolute atomic E-state index is 0.482. The zero-order chi connectivity index (χ0) is 9.97. The maximum atomic E-state index is 5.83. The first-order valence-electron chi connectivity index (χ1n) is 5.35. The fourth-order valence-electron chi connectivity index (χ4n) is 1.71. The summed E-state index contributed by atoms with van der Waals surface area (Å²) in [6, 6.07) is 0.644. The van der Waals surface area contributed by atoms with Gasteiger partial charge >= 0.3 is 0 Å². The van der Waals surface area contributed by atoms with Crippen molar-refractivity contribution in [2.75, 3.05) is 0 Å². The number of hydrogen-bond acceptors (Lipinski definition) is 2. The van der Waals surface area contributed by atoms with Gasteiger partial charge in [0.05, 0.1) is 5.88 Å². The molecule has 1 aromatic rings. The molecular formula is C10H16ClN3. The molecule has 2 rings (SSSR count). The van der Waals surface area contributed by atoms with Crippen molar-refractivity contribution in [3.63, 3.8) is 0 Å². The van der Waals surface area contributed by atoms with Gasteiger partial charge < -0.3 is 4.57 Å². The molecule has 3 nitrogen and oxygen atoms in total. The zero-order valence-corrected chi connectivity index (χ0v) is 9.30. The Hall–Kier alpha value is -0.570. The SMILES string of the molecule is CCCCc1nnc(CCl)n1C1CC1. The molecule has 1 saturated carbocycles. The van der Waals surface area contributed by atoms with E-state index in [1.165, 1.54) is 25.7 Å². The molecule has 0 atom stereocenters. The minimum atomic E-state index is 0.482. The third-order valence-electron chi connectivity index (χ3n) is 2.62. The number of hydrogen-bond donors (Lipinski definition) is 0. The van der Waals surface area contributed by atoms with Crippen molar-refractivity contribution in [1.29, 1.82) is 0 Å². The molecule has 0 bridgehead atoms. The molecule has 1 aromatic heterocycles. The van der Waals surface area contributed by atoms with E-state index in [1.807, 2.05) is 0 Å². The molecule has 0 aromatic carbocycles. The Balaban J connectivity index is 2.16. The topological polar surface area (TPSA) is 30.7 Å². The molecule has 1 fully saturated rings. The van der Waals surface area contributed by atoms with Crippen LogP contribution in [0.3, 0.4) is 0 Å². The van der Waals surface area contributed by atoms with E-state index in [0.29, 0.717) is 11.9 Å². The summed E-state index contributed by atoms with van der Waals surface area (Å²) in [7, 11) is 0. The predicted molar refractivity (Wildman–Crippen MR) is 56.5 cm³/mol. The third-order valence-corrected chi connectivity index (χ3v) is 2.86. The Bertz CT molecular complexity index is 304. The van der Waals surface area contributed by atoms with Crippen LogP contribution >= 0.6 is 11.6 Å². The number of aryl methyl sites for hydroxylation is 1. The fourth-order valence-corrected chi connectivity index (χ4v) is 1.89. The smallest absolute Gasteiger partial charge is 0.148 e. The monoisotopic (exact) mass is 213 g/mol. The van der Waals surface area contributed by atoms with Gasteiger partial charge in [0, 0.05) is 12.5 Å². The van der Waals surface area contributed by atoms with Crippen molar-refractivity contribution in [3.05, 3.63) is 11.6 Å². The molecule has 0 saturated heterocycles. The van der Waals surface area contributed by atoms with Crippen LogP contribution in [0.2, 0.25) is 0 Å². The first-order chi connectivity index (χ1) is 6.86. The average Bonchev–Trinajstić information content (AvgIpc) is 2.96. The molecule has 0 spiro atoms. The quantitative estimate of drug-likeness (QED) is 0.705. The summed E-state index contributed by atoms with van der Waals surface area (Å²) in [5.74, 6) is 2.56. The first kappa shape index (κ1) is 9.97. The predicted octanol–water partition coefficient (Wildman–Crippen LogP) is 2.69. The summed E-state index contributed by atoms with van der Waals surface area (Å²) in [6.45, 7) is 2.19. The molecule has 1 heterocycles. The molecule has 0 radical (unpaired) electrons. The van der Waals surface area contributed by atoms with E-state index in [-0.39, 0.29) is 0 Å². The van der Waals surface area contributed by atoms with Crippen LogP contribution in [0.4, 0.5) is 0 Å². The maximum Gasteiger partial charge on any atom is 0.148 e. The molecule has 1 aliphatic rings. The lowest BCUT2D eigenvalue weighted by Gasteiger charge is -2.06. The van der Waals surface area contributed by atoms with E-state index in [4.69, 9.17) is 11.6 Å². The van der Waals surface area contributed by atoms with E-state index < -0.39 is 0 Å². The molecule has 1 aliphatic carbocycles. The van der Waals surface area contributed by atoms with E-state index >= 15 is 0 Å². The summed E-state index contributed by atoms with van der Waals surface area (Å²) in [5.41, 5.74) is 0. The van der Waals surface area contributed by atoms with Crippen LogP contribution in [0, 0.1) is 0 Å². The number of unbranched alkanes of at least 4 members (excludes halogenated alkanes) is 1. The molecule has 0 N–H and O–H groups in total. The van der Waals surface area contributed by atoms with Gasteiger partial charge in [0.2, 0.25) is 0 Å². The summed E-state index contributed by atoms with van der Waals surface area (Å²) in [5, 5.41) is 8.34. The van der Waals surface area contributed by atoms with Crippen LogP contribution in [-0.4, -0.2) is 14.8 Å². The molecule has 4 heteroatoms. The summed E-state index contributed by atoms with van der Waals surface area (Å²) in [4.78, 5) is 0. The Kier molecular flexibility index (Phi) is 3.06. The average molecular weight is 214 g/mol. The van der Waals surface area contributed by atoms with Gasteiger partial charge in [-0.25, -0.2) is 0 Å². The molecular weight excluding hydrogens is 198 g/mol. The minimum Gasteiger partial charge on any atom is -0.311 e. The normalized spacial score (nSPS) is 16.1. The highest BCUT2D eigenvalue weighted by Crippen LogP contribution is 2.37. The molecule has 14 heavy (non-hydrogen) atoms. The second kappa shape index (κ2) is 4.30. The van der Waals surface area contributed by atoms with Crippen LogP contribution in [0.5, 0.6) is 0 Å². The summed E-state index contributed by atoms with van der Waals surface area (Å²) < 4.78 is 2.25. The van der Waals surface area contributed by atoms with Crippen molar-refractivity contribution < 1.29 is 0 Å². The number of alkyl halides is 1. The standard InChI is InChI=1S/C10H16ClN3/c1-2-3-4-9-12-13-10(7-11)14(9)8-5-6-8/h8H,2-7H2,1H3. The number of nitrogens with zero attached hydrogens (tertiary/aromatic N) is 3. The van der Waals surface area contributed by atoms with Crippen LogP contribution in [0.15, 0.2) is 0 Å². The Morgan fingerprint density at radius 1 is 1.36 bits per heavy atom. The van der Waals surface area contributed by atoms with Gasteiger partial charge in [-0.05, 0) is 19.3 Å². The number of aromatic nitrogens is 3. The fraction of sp³-hybridized carbons (Fsp3) is 0.800. The van der Waals surface area contributed by atoms with Gasteiger partial charge in [0.25, 0.3) is 0 Å². The lowest BCUT2D eigenvalue weighted by atomic mass is 10.2. The van der Waals surface area contributed by atoms with Crippen molar-refractivity contribution in [2.24, 2.45) is 0 Å². The molecule has 0 aliphatic heterocycles. The summed E-state index contributed by atoms with van der Waals surface area (Å²) in [6.07, 6.45) is 5.96. The van der Waals surface area contributed by atoms with E-state index in [2.05, 4.69) is 21.7 Å². The highest BCUT2D eigenvalue weighted by molar-refractivity contribution is 6.16. The van der Waals surface area contributed by atoms with Gasteiger partial charge in [-0.15, -0.1) is 21.8 Å². The Morgan fingerprint density at radius 3 is 2.64 bits per heavy atom. The molecule has 78 valence electrons. The lowest BCUT2D eigenvalue weighted by molar-refractivity contribution is 0.635. The largest absolute Gasteiger partial charge is 0.311 e. The number of halogens is 1. The Labute approximate surface area is 89.5 Å². The second-order valence-electron chi connectivity index (χ2n) is 3.87. The van der Waals surface area contributed by atoms with Gasteiger partial charge in [-0.2, -0.15) is 0 Å². The van der Waals surface area contributed by atoms with Crippen LogP contribution in [0.1, 0.15) is 50.3 Å². The summed E-state index contributed by atoms with van der Waals surface area (Å²) >= 11 is 5.83. The van der Waals surface area contributed by atoms with Gasteiger partial charge in [0.1, 0.15) is 11.6 Å². The van der Waals surface area contributed by atoms with Gasteiger partial charge in [0.15, 0.2) is 0 Å². The van der Waals surface area contributed by atoms with Crippen LogP contribution < -0.4 is 0 Å². The van der Waals surface area contributed by atoms with Crippen molar-refractivity contribution in [3.8, 4) is 0 Å². The van der Waals surface area contributed by atoms with Crippen molar-refractivity contribution >= 4 is 11.6 Å². The second-order valence-corrected chi connectivity index (χ2v) is 4.14. The van der Waals surface area contributed by atoms with Crippen LogP contribution in [-0.2, 0) is 12.3 Å². The number of rotatable bonds is 5. The van der Waals surface area contributed by atoms with Crippen LogP contribution in [0.25, 0.3) is 0 Å². The Morgan fingerprint density at radius 2 is 2.07 bits per heavy atom. The van der Waals surface area contributed by atoms with E-state index in [0.717, 1.165) is 18.1 Å². The zero-order valence-electron chi connectivity index (χ0n) is 8.54. The lowest BCUT2D eigenvalue weighted by Crippen LogP contribution is -2.04. The third kappa shape index (κ3) is 1.92. The van der Waals surface area contributed by atoms with Crippen molar-refractivity contribution in [1.82, 2.24) is 14.8 Å². The van der Waals surface area contributed by atoms with Crippen molar-refractivity contribution in [2.45, 2.75) is 50.9 Å². The maximum absolute atomic E-state index is 5.83. The highest BCUT2D eigenvalue weighted by atomic mass is 35.5. The molecule has 0 unspecified atom stereocenters. The van der Waals surface area contributed by atoms with Gasteiger partial charge in [-0.3, -0.25) is 0 Å². The highest BCUT2D eigenvalue weighted by Gasteiger charge is 2.28. The first-order valence-corrected chi connectivity index (χ1v) is 5.89. The van der Waals surface area contributed by atoms with E-state index in [9.17, 15) is 0 Å². The van der Waals surface area contributed by atoms with Gasteiger partial charge in [-0.1, -0.05) is 13.3 Å². The van der Waals surface area contributed by atoms with E-state index in [1.54, 1.807) is 0 Å². The molecule has 0 amide bonds.